The van der Waals surface area contributed by atoms with Gasteiger partial charge >= 0.3 is 0 Å². The molecule has 2 aromatic rings. The molecule has 0 aliphatic carbocycles. The van der Waals surface area contributed by atoms with Gasteiger partial charge in [0.05, 0.1) is 31.7 Å². The van der Waals surface area contributed by atoms with Gasteiger partial charge in [0.1, 0.15) is 0 Å². The Balaban J connectivity index is 1.55. The van der Waals surface area contributed by atoms with Crippen molar-refractivity contribution in [3.05, 3.63) is 59.5 Å². The molecule has 1 aromatic heterocycles. The first kappa shape index (κ1) is 12.7. The molecule has 104 valence electrons. The summed E-state index contributed by atoms with van der Waals surface area (Å²) in [5.74, 6) is 0.808. The molecule has 1 aliphatic heterocycles. The predicted molar refractivity (Wildman–Crippen MR) is 76.1 cm³/mol. The molecule has 20 heavy (non-hydrogen) atoms. The highest BCUT2D eigenvalue weighted by Gasteiger charge is 2.18. The summed E-state index contributed by atoms with van der Waals surface area (Å²) in [5.41, 5.74) is 3.18. The Morgan fingerprint density at radius 2 is 2.10 bits per heavy atom. The van der Waals surface area contributed by atoms with Gasteiger partial charge in [0.25, 0.3) is 0 Å². The zero-order valence-electron chi connectivity index (χ0n) is 11.0. The number of aliphatic hydroxyl groups excluding tert-OH is 1. The Morgan fingerprint density at radius 1 is 1.25 bits per heavy atom. The van der Waals surface area contributed by atoms with Crippen LogP contribution in [0.15, 0.2) is 52.3 Å². The van der Waals surface area contributed by atoms with Gasteiger partial charge < -0.3 is 20.2 Å². The number of hydrogen-bond acceptors (Lipinski definition) is 5. The van der Waals surface area contributed by atoms with E-state index in [9.17, 15) is 0 Å². The molecule has 0 spiro atoms. The average molecular weight is 271 g/mol. The van der Waals surface area contributed by atoms with Crippen molar-refractivity contribution in [2.45, 2.75) is 19.2 Å². The average Bonchev–Trinajstić information content (AvgIpc) is 3.17. The maximum absolute atomic E-state index is 9.04. The van der Waals surface area contributed by atoms with Gasteiger partial charge in [-0.3, -0.25) is 4.99 Å². The largest absolute Gasteiger partial charge is 0.472 e. The Kier molecular flexibility index (Phi) is 3.69. The lowest BCUT2D eigenvalue weighted by Gasteiger charge is -2.13. The number of furan rings is 1. The molecular formula is C15H17N3O2. The van der Waals surface area contributed by atoms with E-state index >= 15 is 0 Å². The number of benzene rings is 1. The maximum Gasteiger partial charge on any atom is 0.192 e. The lowest BCUT2D eigenvalue weighted by Crippen LogP contribution is -2.34. The van der Waals surface area contributed by atoms with Crippen LogP contribution in [0.4, 0.5) is 0 Å². The van der Waals surface area contributed by atoms with Gasteiger partial charge in [-0.1, -0.05) is 24.3 Å². The van der Waals surface area contributed by atoms with Crippen molar-refractivity contribution < 1.29 is 9.52 Å². The van der Waals surface area contributed by atoms with Crippen LogP contribution in [0.2, 0.25) is 0 Å². The molecule has 0 saturated heterocycles. The summed E-state index contributed by atoms with van der Waals surface area (Å²) < 4.78 is 5.02. The van der Waals surface area contributed by atoms with E-state index in [0.717, 1.165) is 17.1 Å². The molecule has 5 heteroatoms. The van der Waals surface area contributed by atoms with Crippen LogP contribution < -0.4 is 10.6 Å². The molecule has 0 radical (unpaired) electrons. The second-order valence-corrected chi connectivity index (χ2v) is 4.77. The molecule has 3 rings (SSSR count). The van der Waals surface area contributed by atoms with E-state index in [1.165, 1.54) is 5.56 Å². The standard InChI is InChI=1S/C15H17N3O2/c19-9-11-1-3-13(4-2-11)14-8-17-15(18-14)16-7-12-5-6-20-10-12/h1-6,10,14,19H,7-9H2,(H2,16,17,18). The number of guanidine groups is 1. The zero-order chi connectivity index (χ0) is 13.8. The quantitative estimate of drug-likeness (QED) is 0.789. The van der Waals surface area contributed by atoms with Crippen LogP contribution in [0.3, 0.4) is 0 Å². The molecule has 3 N–H and O–H groups in total. The first-order chi connectivity index (χ1) is 9.85. The van der Waals surface area contributed by atoms with E-state index in [4.69, 9.17) is 9.52 Å². The highest BCUT2D eigenvalue weighted by Crippen LogP contribution is 2.17. The minimum Gasteiger partial charge on any atom is -0.472 e. The number of nitrogens with one attached hydrogen (secondary N) is 2. The van der Waals surface area contributed by atoms with Crippen LogP contribution in [0.25, 0.3) is 0 Å². The lowest BCUT2D eigenvalue weighted by molar-refractivity contribution is 0.282. The molecular weight excluding hydrogens is 254 g/mol. The van der Waals surface area contributed by atoms with Gasteiger partial charge in [0.15, 0.2) is 5.96 Å². The van der Waals surface area contributed by atoms with Gasteiger partial charge in [-0.15, -0.1) is 0 Å². The van der Waals surface area contributed by atoms with Gasteiger partial charge in [0, 0.05) is 12.1 Å². The summed E-state index contributed by atoms with van der Waals surface area (Å²) >= 11 is 0. The summed E-state index contributed by atoms with van der Waals surface area (Å²) in [6.07, 6.45) is 3.38. The van der Waals surface area contributed by atoms with Crippen LogP contribution in [-0.2, 0) is 13.2 Å². The molecule has 1 aromatic carbocycles. The van der Waals surface area contributed by atoms with Gasteiger partial charge in [0.2, 0.25) is 0 Å². The fraction of sp³-hybridized carbons (Fsp3) is 0.267. The molecule has 2 heterocycles. The fourth-order valence-electron chi connectivity index (χ4n) is 2.17. The third-order valence-electron chi connectivity index (χ3n) is 3.35. The molecule has 0 amide bonds. The van der Waals surface area contributed by atoms with Crippen LogP contribution in [0.5, 0.6) is 0 Å². The van der Waals surface area contributed by atoms with Crippen LogP contribution in [-0.4, -0.2) is 17.6 Å². The van der Waals surface area contributed by atoms with Gasteiger partial charge in [-0.2, -0.15) is 0 Å². The second-order valence-electron chi connectivity index (χ2n) is 4.77. The maximum atomic E-state index is 9.04. The number of aliphatic hydroxyl groups is 1. The predicted octanol–water partition coefficient (Wildman–Crippen LogP) is 1.56. The van der Waals surface area contributed by atoms with Crippen LogP contribution in [0, 0.1) is 0 Å². The summed E-state index contributed by atoms with van der Waals surface area (Å²) in [4.78, 5) is 4.45. The highest BCUT2D eigenvalue weighted by molar-refractivity contribution is 5.82. The van der Waals surface area contributed by atoms with E-state index in [1.54, 1.807) is 12.5 Å². The summed E-state index contributed by atoms with van der Waals surface area (Å²) in [5, 5.41) is 15.6. The third kappa shape index (κ3) is 2.83. The van der Waals surface area contributed by atoms with Crippen molar-refractivity contribution in [2.24, 2.45) is 4.99 Å². The summed E-state index contributed by atoms with van der Waals surface area (Å²) in [6.45, 7) is 1.48. The Morgan fingerprint density at radius 3 is 2.80 bits per heavy atom. The second kappa shape index (κ2) is 5.79. The lowest BCUT2D eigenvalue weighted by atomic mass is 10.1. The van der Waals surface area contributed by atoms with Crippen molar-refractivity contribution in [3.63, 3.8) is 0 Å². The van der Waals surface area contributed by atoms with Crippen molar-refractivity contribution in [1.29, 1.82) is 0 Å². The molecule has 0 fully saturated rings. The van der Waals surface area contributed by atoms with Gasteiger partial charge in [-0.05, 0) is 17.2 Å². The molecule has 0 bridgehead atoms. The van der Waals surface area contributed by atoms with Crippen LogP contribution in [0.1, 0.15) is 22.7 Å². The number of rotatable bonds is 4. The minimum atomic E-state index is 0.0758. The molecule has 1 atom stereocenters. The Labute approximate surface area is 117 Å². The molecule has 1 aliphatic rings. The fourth-order valence-corrected chi connectivity index (χ4v) is 2.17. The Bertz CT molecular complexity index is 576. The van der Waals surface area contributed by atoms with E-state index in [1.807, 2.05) is 30.3 Å². The Hall–Kier alpha value is -2.27. The zero-order valence-corrected chi connectivity index (χ0v) is 11.0. The van der Waals surface area contributed by atoms with E-state index < -0.39 is 0 Å². The van der Waals surface area contributed by atoms with Crippen molar-refractivity contribution in [1.82, 2.24) is 10.6 Å². The summed E-state index contributed by atoms with van der Waals surface area (Å²) in [6, 6.07) is 10.0. The van der Waals surface area contributed by atoms with E-state index in [0.29, 0.717) is 13.1 Å². The normalized spacial score (nSPS) is 17.6. The minimum absolute atomic E-state index is 0.0758. The molecule has 5 nitrogen and oxygen atoms in total. The number of aliphatic imine (C=N–C) groups is 1. The topological polar surface area (TPSA) is 69.8 Å². The molecule has 0 saturated carbocycles. The van der Waals surface area contributed by atoms with Crippen molar-refractivity contribution in [2.75, 3.05) is 6.54 Å². The summed E-state index contributed by atoms with van der Waals surface area (Å²) in [7, 11) is 0. The van der Waals surface area contributed by atoms with E-state index in [2.05, 4.69) is 15.6 Å². The first-order valence-electron chi connectivity index (χ1n) is 6.61. The first-order valence-corrected chi connectivity index (χ1v) is 6.61. The third-order valence-corrected chi connectivity index (χ3v) is 3.35. The highest BCUT2D eigenvalue weighted by atomic mass is 16.3. The van der Waals surface area contributed by atoms with Crippen LogP contribution >= 0.6 is 0 Å². The molecule has 1 unspecified atom stereocenters. The number of hydrogen-bond donors (Lipinski definition) is 3. The number of nitrogens with zero attached hydrogens (tertiary/aromatic N) is 1. The van der Waals surface area contributed by atoms with E-state index in [-0.39, 0.29) is 12.6 Å². The van der Waals surface area contributed by atoms with Gasteiger partial charge in [-0.25, -0.2) is 0 Å². The smallest absolute Gasteiger partial charge is 0.192 e. The SMILES string of the molecule is OCc1ccc(C2CN=C(NCc3ccoc3)N2)cc1. The van der Waals surface area contributed by atoms with Crippen molar-refractivity contribution in [3.8, 4) is 0 Å². The van der Waals surface area contributed by atoms with Crippen molar-refractivity contribution >= 4 is 5.96 Å². The monoisotopic (exact) mass is 271 g/mol.